The van der Waals surface area contributed by atoms with Gasteiger partial charge in [0.1, 0.15) is 0 Å². The van der Waals surface area contributed by atoms with Crippen molar-refractivity contribution in [3.63, 3.8) is 0 Å². The Labute approximate surface area is 282 Å². The topological polar surface area (TPSA) is 3.88 Å². The molecule has 1 unspecified atom stereocenters. The Bertz CT molecular complexity index is 854. The highest BCUT2D eigenvalue weighted by Crippen LogP contribution is 2.20. The number of aromatic nitrogens is 1. The summed E-state index contributed by atoms with van der Waals surface area (Å²) in [6, 6.07) is 14.2. The summed E-state index contributed by atoms with van der Waals surface area (Å²) in [5, 5.41) is 0. The number of rotatable bonds is 31. The SMILES string of the molecule is CCCCCCCCCCCCCCCc1cc(CCCCCCCCCCCCCCC)c[n+](C(CC)c2ccccc2)c1. The molecule has 0 saturated heterocycles. The maximum Gasteiger partial charge on any atom is 0.183 e. The summed E-state index contributed by atoms with van der Waals surface area (Å²) in [7, 11) is 0. The molecule has 1 heteroatoms. The van der Waals surface area contributed by atoms with Crippen LogP contribution in [0.2, 0.25) is 0 Å². The molecule has 2 rings (SSSR count). The Hall–Kier alpha value is -1.63. The van der Waals surface area contributed by atoms with Crippen LogP contribution < -0.4 is 4.57 Å². The minimum atomic E-state index is 0.434. The molecule has 1 aromatic carbocycles. The highest BCUT2D eigenvalue weighted by molar-refractivity contribution is 5.19. The predicted molar refractivity (Wildman–Crippen MR) is 200 cm³/mol. The van der Waals surface area contributed by atoms with Crippen molar-refractivity contribution in [1.82, 2.24) is 0 Å². The fourth-order valence-corrected chi connectivity index (χ4v) is 7.17. The van der Waals surface area contributed by atoms with Crippen LogP contribution in [0.1, 0.15) is 217 Å². The largest absolute Gasteiger partial charge is 0.198 e. The summed E-state index contributed by atoms with van der Waals surface area (Å²) in [6.45, 7) is 6.96. The van der Waals surface area contributed by atoms with Crippen molar-refractivity contribution < 1.29 is 4.57 Å². The lowest BCUT2D eigenvalue weighted by molar-refractivity contribution is -0.714. The van der Waals surface area contributed by atoms with Crippen LogP contribution in [-0.2, 0) is 12.8 Å². The van der Waals surface area contributed by atoms with Crippen molar-refractivity contribution in [3.8, 4) is 0 Å². The van der Waals surface area contributed by atoms with Gasteiger partial charge in [0.05, 0.1) is 0 Å². The number of hydrogen-bond acceptors (Lipinski definition) is 0. The molecule has 0 radical (unpaired) electrons. The molecule has 0 aliphatic carbocycles. The van der Waals surface area contributed by atoms with E-state index in [1.54, 1.807) is 11.1 Å². The lowest BCUT2D eigenvalue weighted by atomic mass is 9.99. The first-order valence-electron chi connectivity index (χ1n) is 20.4. The number of nitrogens with zero attached hydrogens (tertiary/aromatic N) is 1. The first-order chi connectivity index (χ1) is 22.3. The molecule has 45 heavy (non-hydrogen) atoms. The molecule has 0 bridgehead atoms. The molecule has 0 N–H and O–H groups in total. The molecule has 0 saturated carbocycles. The summed E-state index contributed by atoms with van der Waals surface area (Å²) in [4.78, 5) is 0. The zero-order valence-electron chi connectivity index (χ0n) is 30.6. The van der Waals surface area contributed by atoms with Crippen LogP contribution in [0.15, 0.2) is 48.8 Å². The van der Waals surface area contributed by atoms with Crippen molar-refractivity contribution in [2.75, 3.05) is 0 Å². The van der Waals surface area contributed by atoms with Crippen LogP contribution >= 0.6 is 0 Å². The number of unbranched alkanes of at least 4 members (excludes halogenated alkanes) is 24. The van der Waals surface area contributed by atoms with Gasteiger partial charge in [0.25, 0.3) is 0 Å². The summed E-state index contributed by atoms with van der Waals surface area (Å²) < 4.78 is 2.56. The average molecular weight is 619 g/mol. The quantitative estimate of drug-likeness (QED) is 0.0584. The molecular formula is C44H76N+. The minimum Gasteiger partial charge on any atom is -0.198 e. The third kappa shape index (κ3) is 20.3. The van der Waals surface area contributed by atoms with Gasteiger partial charge in [0, 0.05) is 23.1 Å². The molecule has 1 nitrogen and oxygen atoms in total. The van der Waals surface area contributed by atoms with E-state index >= 15 is 0 Å². The van der Waals surface area contributed by atoms with E-state index in [0.29, 0.717) is 6.04 Å². The van der Waals surface area contributed by atoms with Gasteiger partial charge in [-0.1, -0.05) is 205 Å². The molecule has 0 aliphatic rings. The van der Waals surface area contributed by atoms with Crippen molar-refractivity contribution in [2.24, 2.45) is 0 Å². The molecule has 0 amide bonds. The van der Waals surface area contributed by atoms with Crippen molar-refractivity contribution in [1.29, 1.82) is 0 Å². The molecule has 2 aromatic rings. The van der Waals surface area contributed by atoms with Gasteiger partial charge in [-0.3, -0.25) is 0 Å². The van der Waals surface area contributed by atoms with E-state index in [0.717, 1.165) is 6.42 Å². The Morgan fingerprint density at radius 1 is 0.422 bits per heavy atom. The van der Waals surface area contributed by atoms with Crippen molar-refractivity contribution in [2.45, 2.75) is 213 Å². The van der Waals surface area contributed by atoms with E-state index in [9.17, 15) is 0 Å². The standard InChI is InChI=1S/C44H76N/c1-4-7-9-11-13-15-17-19-21-23-25-27-30-34-41-38-42(40-45(39-41)44(6-3)43-36-32-29-33-37-43)35-31-28-26-24-22-20-18-16-14-12-10-8-5-2/h29,32-33,36-40,44H,4-28,30-31,34-35H2,1-3H3/q+1. The predicted octanol–water partition coefficient (Wildman–Crippen LogP) is 14.2. The second kappa shape index (κ2) is 28.6. The van der Waals surface area contributed by atoms with Crippen molar-refractivity contribution >= 4 is 0 Å². The van der Waals surface area contributed by atoms with E-state index in [4.69, 9.17) is 0 Å². The van der Waals surface area contributed by atoms with Gasteiger partial charge >= 0.3 is 0 Å². The number of pyridine rings is 1. The zero-order valence-corrected chi connectivity index (χ0v) is 30.6. The summed E-state index contributed by atoms with van der Waals surface area (Å²) in [6.07, 6.45) is 45.6. The van der Waals surface area contributed by atoms with E-state index in [2.05, 4.69) is 74.1 Å². The van der Waals surface area contributed by atoms with Gasteiger partial charge in [-0.15, -0.1) is 0 Å². The molecule has 0 fully saturated rings. The maximum absolute atomic E-state index is 2.56. The lowest BCUT2D eigenvalue weighted by Gasteiger charge is -2.14. The van der Waals surface area contributed by atoms with Crippen LogP contribution in [0.5, 0.6) is 0 Å². The van der Waals surface area contributed by atoms with E-state index in [1.165, 1.54) is 185 Å². The van der Waals surface area contributed by atoms with Crippen LogP contribution in [-0.4, -0.2) is 0 Å². The third-order valence-corrected chi connectivity index (χ3v) is 10.1. The van der Waals surface area contributed by atoms with Crippen LogP contribution in [0.25, 0.3) is 0 Å². The molecule has 1 atom stereocenters. The molecule has 0 spiro atoms. The molecule has 0 aliphatic heterocycles. The normalized spacial score (nSPS) is 12.2. The first kappa shape index (κ1) is 39.5. The highest BCUT2D eigenvalue weighted by atomic mass is 15.0. The number of benzene rings is 1. The Morgan fingerprint density at radius 2 is 0.756 bits per heavy atom. The van der Waals surface area contributed by atoms with Crippen LogP contribution in [0, 0.1) is 0 Å². The molecule has 1 aromatic heterocycles. The fraction of sp³-hybridized carbons (Fsp3) is 0.750. The lowest BCUT2D eigenvalue weighted by Crippen LogP contribution is -2.40. The molecule has 1 heterocycles. The number of aryl methyl sites for hydroxylation is 2. The zero-order chi connectivity index (χ0) is 32.0. The monoisotopic (exact) mass is 619 g/mol. The fourth-order valence-electron chi connectivity index (χ4n) is 7.17. The maximum atomic E-state index is 2.56. The smallest absolute Gasteiger partial charge is 0.183 e. The molecular weight excluding hydrogens is 542 g/mol. The van der Waals surface area contributed by atoms with Crippen molar-refractivity contribution in [3.05, 3.63) is 65.5 Å². The second-order valence-corrected chi connectivity index (χ2v) is 14.3. The Morgan fingerprint density at radius 3 is 1.09 bits per heavy atom. The van der Waals surface area contributed by atoms with Crippen LogP contribution in [0.3, 0.4) is 0 Å². The minimum absolute atomic E-state index is 0.434. The van der Waals surface area contributed by atoms with Gasteiger partial charge in [-0.25, -0.2) is 0 Å². The van der Waals surface area contributed by atoms with E-state index < -0.39 is 0 Å². The van der Waals surface area contributed by atoms with Gasteiger partial charge < -0.3 is 0 Å². The Balaban J connectivity index is 1.72. The van der Waals surface area contributed by atoms with E-state index in [1.807, 2.05) is 0 Å². The second-order valence-electron chi connectivity index (χ2n) is 14.3. The molecule has 256 valence electrons. The van der Waals surface area contributed by atoms with Gasteiger partial charge in [-0.05, 0) is 31.7 Å². The van der Waals surface area contributed by atoms with E-state index in [-0.39, 0.29) is 0 Å². The Kier molecular flexibility index (Phi) is 25.1. The summed E-state index contributed by atoms with van der Waals surface area (Å²) in [5.74, 6) is 0. The summed E-state index contributed by atoms with van der Waals surface area (Å²) in [5.41, 5.74) is 4.55. The first-order valence-corrected chi connectivity index (χ1v) is 20.4. The van der Waals surface area contributed by atoms with Crippen LogP contribution in [0.4, 0.5) is 0 Å². The third-order valence-electron chi connectivity index (χ3n) is 10.1. The average Bonchev–Trinajstić information content (AvgIpc) is 3.06. The summed E-state index contributed by atoms with van der Waals surface area (Å²) >= 11 is 0. The number of hydrogen-bond donors (Lipinski definition) is 0. The van der Waals surface area contributed by atoms with Gasteiger partial charge in [-0.2, -0.15) is 4.57 Å². The van der Waals surface area contributed by atoms with Gasteiger partial charge in [0.2, 0.25) is 0 Å². The van der Waals surface area contributed by atoms with Gasteiger partial charge in [0.15, 0.2) is 18.4 Å². The highest BCUT2D eigenvalue weighted by Gasteiger charge is 2.20.